The van der Waals surface area contributed by atoms with Gasteiger partial charge in [0, 0.05) is 33.2 Å². The first kappa shape index (κ1) is 22.2. The summed E-state index contributed by atoms with van der Waals surface area (Å²) in [7, 11) is 0. The Morgan fingerprint density at radius 3 is 2.47 bits per heavy atom. The van der Waals surface area contributed by atoms with E-state index in [0.717, 1.165) is 17.8 Å². The molecule has 1 aliphatic rings. The van der Waals surface area contributed by atoms with Crippen LogP contribution in [-0.2, 0) is 4.74 Å². The Morgan fingerprint density at radius 2 is 1.75 bits per heavy atom. The quantitative estimate of drug-likeness (QED) is 0.478. The molecule has 4 rings (SSSR count). The number of carbonyl (C=O) groups is 2. The SMILES string of the molecule is Cc1ccc(NC(=O)c2ccc(N3CCOCS3)cc2)cc1NC(=O)c1cccc(Cl)c1. The van der Waals surface area contributed by atoms with Crippen molar-refractivity contribution < 1.29 is 14.3 Å². The summed E-state index contributed by atoms with van der Waals surface area (Å²) in [4.78, 5) is 25.3. The molecule has 32 heavy (non-hydrogen) atoms. The number of ether oxygens (including phenoxy) is 1. The van der Waals surface area contributed by atoms with Crippen LogP contribution in [0.1, 0.15) is 26.3 Å². The first-order valence-electron chi connectivity index (χ1n) is 10.1. The van der Waals surface area contributed by atoms with E-state index in [-0.39, 0.29) is 11.8 Å². The van der Waals surface area contributed by atoms with Gasteiger partial charge in [-0.15, -0.1) is 0 Å². The molecular formula is C24H22ClN3O3S. The van der Waals surface area contributed by atoms with Gasteiger partial charge in [0.25, 0.3) is 11.8 Å². The Hall–Kier alpha value is -3.00. The molecular weight excluding hydrogens is 446 g/mol. The Morgan fingerprint density at radius 1 is 0.969 bits per heavy atom. The lowest BCUT2D eigenvalue weighted by atomic mass is 10.1. The number of anilines is 3. The molecule has 164 valence electrons. The Balaban J connectivity index is 1.44. The predicted octanol–water partition coefficient (Wildman–Crippen LogP) is 5.60. The van der Waals surface area contributed by atoms with Gasteiger partial charge >= 0.3 is 0 Å². The molecule has 0 aromatic heterocycles. The lowest BCUT2D eigenvalue weighted by Gasteiger charge is -2.27. The van der Waals surface area contributed by atoms with Gasteiger partial charge in [-0.05, 0) is 79.0 Å². The molecule has 0 spiro atoms. The molecule has 3 aromatic rings. The zero-order valence-corrected chi connectivity index (χ0v) is 19.0. The van der Waals surface area contributed by atoms with Crippen LogP contribution in [0.5, 0.6) is 0 Å². The Bertz CT molecular complexity index is 1130. The smallest absolute Gasteiger partial charge is 0.255 e. The number of carbonyl (C=O) groups excluding carboxylic acids is 2. The molecule has 0 atom stereocenters. The molecule has 1 aliphatic heterocycles. The summed E-state index contributed by atoms with van der Waals surface area (Å²) in [6.45, 7) is 3.39. The van der Waals surface area contributed by atoms with Crippen molar-refractivity contribution >= 4 is 52.4 Å². The average Bonchev–Trinajstić information content (AvgIpc) is 2.82. The third kappa shape index (κ3) is 5.43. The first-order valence-corrected chi connectivity index (χ1v) is 11.4. The van der Waals surface area contributed by atoms with Crippen LogP contribution in [0, 0.1) is 6.92 Å². The van der Waals surface area contributed by atoms with Crippen LogP contribution >= 0.6 is 23.5 Å². The summed E-state index contributed by atoms with van der Waals surface area (Å²) in [5.74, 6) is 0.143. The van der Waals surface area contributed by atoms with Gasteiger partial charge in [0.2, 0.25) is 0 Å². The van der Waals surface area contributed by atoms with Crippen LogP contribution in [0.4, 0.5) is 17.1 Å². The number of nitrogens with zero attached hydrogens (tertiary/aromatic N) is 1. The number of hydrogen-bond donors (Lipinski definition) is 2. The predicted molar refractivity (Wildman–Crippen MR) is 131 cm³/mol. The number of benzene rings is 3. The molecule has 0 aliphatic carbocycles. The zero-order valence-electron chi connectivity index (χ0n) is 17.4. The number of rotatable bonds is 5. The van der Waals surface area contributed by atoms with Crippen LogP contribution in [0.2, 0.25) is 5.02 Å². The summed E-state index contributed by atoms with van der Waals surface area (Å²) in [5, 5.41) is 6.27. The van der Waals surface area contributed by atoms with E-state index in [9.17, 15) is 9.59 Å². The van der Waals surface area contributed by atoms with Crippen LogP contribution in [0.3, 0.4) is 0 Å². The fraction of sp³-hybridized carbons (Fsp3) is 0.167. The molecule has 2 N–H and O–H groups in total. The largest absolute Gasteiger partial charge is 0.367 e. The van der Waals surface area contributed by atoms with Crippen molar-refractivity contribution in [3.63, 3.8) is 0 Å². The van der Waals surface area contributed by atoms with E-state index in [0.29, 0.717) is 40.1 Å². The molecule has 1 heterocycles. The Kier molecular flexibility index (Phi) is 6.99. The van der Waals surface area contributed by atoms with E-state index in [1.165, 1.54) is 0 Å². The molecule has 0 bridgehead atoms. The number of halogens is 1. The second kappa shape index (κ2) is 10.1. The molecule has 0 saturated carbocycles. The molecule has 2 amide bonds. The highest BCUT2D eigenvalue weighted by molar-refractivity contribution is 8.00. The third-order valence-corrected chi connectivity index (χ3v) is 6.19. The van der Waals surface area contributed by atoms with Crippen molar-refractivity contribution in [3.05, 3.63) is 88.4 Å². The lowest BCUT2D eigenvalue weighted by Crippen LogP contribution is -2.26. The topological polar surface area (TPSA) is 70.7 Å². The molecule has 6 nitrogen and oxygen atoms in total. The minimum atomic E-state index is -0.268. The molecule has 0 unspecified atom stereocenters. The zero-order chi connectivity index (χ0) is 22.5. The molecule has 1 fully saturated rings. The van der Waals surface area contributed by atoms with E-state index < -0.39 is 0 Å². The van der Waals surface area contributed by atoms with E-state index in [1.54, 1.807) is 60.5 Å². The van der Waals surface area contributed by atoms with Crippen LogP contribution in [-0.4, -0.2) is 30.9 Å². The fourth-order valence-electron chi connectivity index (χ4n) is 3.22. The van der Waals surface area contributed by atoms with Gasteiger partial charge in [-0.1, -0.05) is 23.7 Å². The van der Waals surface area contributed by atoms with E-state index >= 15 is 0 Å². The fourth-order valence-corrected chi connectivity index (χ4v) is 4.20. The lowest BCUT2D eigenvalue weighted by molar-refractivity contribution is 0.101. The van der Waals surface area contributed by atoms with Crippen molar-refractivity contribution in [2.75, 3.05) is 34.0 Å². The van der Waals surface area contributed by atoms with E-state index in [4.69, 9.17) is 16.3 Å². The highest BCUT2D eigenvalue weighted by Crippen LogP contribution is 2.26. The molecule has 3 aromatic carbocycles. The summed E-state index contributed by atoms with van der Waals surface area (Å²) < 4.78 is 7.50. The van der Waals surface area contributed by atoms with Gasteiger partial charge in [0.15, 0.2) is 0 Å². The number of nitrogens with one attached hydrogen (secondary N) is 2. The number of aryl methyl sites for hydroxylation is 1. The van der Waals surface area contributed by atoms with Gasteiger partial charge in [-0.25, -0.2) is 0 Å². The highest BCUT2D eigenvalue weighted by Gasteiger charge is 2.14. The maximum Gasteiger partial charge on any atom is 0.255 e. The molecule has 1 saturated heterocycles. The van der Waals surface area contributed by atoms with Crippen LogP contribution in [0.25, 0.3) is 0 Å². The summed E-state index contributed by atoms with van der Waals surface area (Å²) >= 11 is 7.59. The normalized spacial score (nSPS) is 13.5. The molecule has 8 heteroatoms. The summed E-state index contributed by atoms with van der Waals surface area (Å²) in [6.07, 6.45) is 0. The van der Waals surface area contributed by atoms with Gasteiger partial charge in [0.1, 0.15) is 5.94 Å². The van der Waals surface area contributed by atoms with Crippen molar-refractivity contribution in [3.8, 4) is 0 Å². The van der Waals surface area contributed by atoms with Gasteiger partial charge in [0.05, 0.1) is 13.2 Å². The summed E-state index contributed by atoms with van der Waals surface area (Å²) in [5.41, 5.74) is 4.14. The monoisotopic (exact) mass is 467 g/mol. The second-order valence-electron chi connectivity index (χ2n) is 7.25. The van der Waals surface area contributed by atoms with Crippen molar-refractivity contribution in [1.29, 1.82) is 0 Å². The maximum atomic E-state index is 12.7. The van der Waals surface area contributed by atoms with Gasteiger partial charge < -0.3 is 19.7 Å². The van der Waals surface area contributed by atoms with E-state index in [2.05, 4.69) is 14.9 Å². The average molecular weight is 468 g/mol. The molecule has 0 radical (unpaired) electrons. The minimum absolute atomic E-state index is 0.220. The maximum absolute atomic E-state index is 12.7. The van der Waals surface area contributed by atoms with Crippen LogP contribution in [0.15, 0.2) is 66.7 Å². The van der Waals surface area contributed by atoms with E-state index in [1.807, 2.05) is 25.1 Å². The highest BCUT2D eigenvalue weighted by atomic mass is 35.5. The minimum Gasteiger partial charge on any atom is -0.367 e. The van der Waals surface area contributed by atoms with Crippen molar-refractivity contribution in [1.82, 2.24) is 0 Å². The van der Waals surface area contributed by atoms with Crippen molar-refractivity contribution in [2.45, 2.75) is 6.92 Å². The number of amides is 2. The second-order valence-corrected chi connectivity index (χ2v) is 8.62. The van der Waals surface area contributed by atoms with Gasteiger partial charge in [-0.2, -0.15) is 0 Å². The number of hydrogen-bond acceptors (Lipinski definition) is 5. The first-order chi connectivity index (χ1) is 15.5. The van der Waals surface area contributed by atoms with Gasteiger partial charge in [-0.3, -0.25) is 9.59 Å². The third-order valence-electron chi connectivity index (χ3n) is 4.98. The summed E-state index contributed by atoms with van der Waals surface area (Å²) in [6, 6.07) is 19.6. The standard InChI is InChI=1S/C24H22ClN3O3S/c1-16-5-8-20(14-22(16)27-24(30)18-3-2-4-19(25)13-18)26-23(29)17-6-9-21(10-7-17)28-11-12-31-15-32-28/h2-10,13-14H,11-12,15H2,1H3,(H,26,29)(H,27,30). The Labute approximate surface area is 196 Å². The van der Waals surface area contributed by atoms with Crippen LogP contribution < -0.4 is 14.9 Å². The van der Waals surface area contributed by atoms with Crippen molar-refractivity contribution in [2.24, 2.45) is 0 Å².